The van der Waals surface area contributed by atoms with Gasteiger partial charge in [0.1, 0.15) is 4.88 Å². The Kier molecular flexibility index (Phi) is 5.52. The Morgan fingerprint density at radius 1 is 1.33 bits per heavy atom. The van der Waals surface area contributed by atoms with E-state index in [1.807, 2.05) is 6.92 Å². The van der Waals surface area contributed by atoms with Crippen LogP contribution in [0.15, 0.2) is 18.5 Å². The monoisotopic (exact) mass is 345 g/mol. The van der Waals surface area contributed by atoms with Crippen molar-refractivity contribution in [2.24, 2.45) is 11.7 Å². The lowest BCUT2D eigenvalue weighted by Gasteiger charge is -2.29. The topological polar surface area (TPSA) is 93.8 Å². The Balaban J connectivity index is 1.73. The van der Waals surface area contributed by atoms with Crippen LogP contribution >= 0.6 is 11.3 Å². The molecule has 1 fully saturated rings. The van der Waals surface area contributed by atoms with Crippen LogP contribution in [0.4, 0.5) is 0 Å². The molecule has 3 N–H and O–H groups in total. The Morgan fingerprint density at radius 3 is 2.71 bits per heavy atom. The molecule has 1 amide bonds. The van der Waals surface area contributed by atoms with E-state index in [2.05, 4.69) is 20.3 Å². The predicted octanol–water partition coefficient (Wildman–Crippen LogP) is 2.55. The number of aromatic nitrogens is 3. The second-order valence-corrected chi connectivity index (χ2v) is 7.22. The Bertz CT molecular complexity index is 682. The summed E-state index contributed by atoms with van der Waals surface area (Å²) in [6, 6.07) is 1.80. The summed E-state index contributed by atoms with van der Waals surface area (Å²) >= 11 is 1.33. The molecule has 1 aliphatic rings. The van der Waals surface area contributed by atoms with Crippen LogP contribution < -0.4 is 11.1 Å². The molecule has 1 aliphatic carbocycles. The number of nitrogens with one attached hydrogen (secondary N) is 1. The van der Waals surface area contributed by atoms with Gasteiger partial charge in [0.05, 0.1) is 5.69 Å². The summed E-state index contributed by atoms with van der Waals surface area (Å²) in [5.74, 6) is 0.943. The first-order valence-corrected chi connectivity index (χ1v) is 9.26. The lowest BCUT2D eigenvalue weighted by molar-refractivity contribution is 0.0919. The molecule has 1 unspecified atom stereocenters. The average Bonchev–Trinajstić information content (AvgIpc) is 3.03. The molecule has 2 aromatic heterocycles. The van der Waals surface area contributed by atoms with Crippen LogP contribution in [0, 0.1) is 12.8 Å². The van der Waals surface area contributed by atoms with Crippen LogP contribution in [0.2, 0.25) is 0 Å². The fourth-order valence-corrected chi connectivity index (χ4v) is 4.17. The van der Waals surface area contributed by atoms with E-state index in [0.717, 1.165) is 12.8 Å². The lowest BCUT2D eigenvalue weighted by atomic mass is 9.84. The van der Waals surface area contributed by atoms with Crippen LogP contribution in [0.25, 0.3) is 10.8 Å². The van der Waals surface area contributed by atoms with Gasteiger partial charge < -0.3 is 11.1 Å². The minimum Gasteiger partial charge on any atom is -0.347 e. The Labute approximate surface area is 145 Å². The van der Waals surface area contributed by atoms with Crippen molar-refractivity contribution in [2.45, 2.75) is 45.1 Å². The first-order chi connectivity index (χ1) is 11.7. The Hall–Kier alpha value is -1.86. The molecule has 3 rings (SSSR count). The molecule has 7 heteroatoms. The number of aryl methyl sites for hydroxylation is 1. The van der Waals surface area contributed by atoms with E-state index >= 15 is 0 Å². The summed E-state index contributed by atoms with van der Waals surface area (Å²) in [6.07, 6.45) is 9.38. The number of nitrogens with two attached hydrogens (primary N) is 1. The van der Waals surface area contributed by atoms with E-state index in [-0.39, 0.29) is 11.9 Å². The van der Waals surface area contributed by atoms with Gasteiger partial charge in [0.25, 0.3) is 5.91 Å². The summed E-state index contributed by atoms with van der Waals surface area (Å²) in [5, 5.41) is 3.79. The molecule has 0 aliphatic heterocycles. The highest BCUT2D eigenvalue weighted by molar-refractivity contribution is 7.17. The van der Waals surface area contributed by atoms with Gasteiger partial charge in [0.15, 0.2) is 10.8 Å². The lowest BCUT2D eigenvalue weighted by Crippen LogP contribution is -2.45. The van der Waals surface area contributed by atoms with Gasteiger partial charge in [-0.3, -0.25) is 4.79 Å². The molecule has 0 saturated heterocycles. The molecular weight excluding hydrogens is 322 g/mol. The zero-order chi connectivity index (χ0) is 16.9. The van der Waals surface area contributed by atoms with Gasteiger partial charge in [-0.1, -0.05) is 19.3 Å². The molecule has 1 saturated carbocycles. The molecule has 0 radical (unpaired) electrons. The van der Waals surface area contributed by atoms with Crippen LogP contribution in [0.1, 0.15) is 47.5 Å². The fourth-order valence-electron chi connectivity index (χ4n) is 3.25. The van der Waals surface area contributed by atoms with E-state index in [0.29, 0.717) is 33.9 Å². The molecule has 24 heavy (non-hydrogen) atoms. The third kappa shape index (κ3) is 3.79. The van der Waals surface area contributed by atoms with Crippen molar-refractivity contribution in [2.75, 3.05) is 6.54 Å². The van der Waals surface area contributed by atoms with E-state index in [1.54, 1.807) is 18.5 Å². The van der Waals surface area contributed by atoms with E-state index < -0.39 is 0 Å². The normalized spacial score (nSPS) is 16.8. The van der Waals surface area contributed by atoms with Crippen molar-refractivity contribution >= 4 is 17.2 Å². The largest absolute Gasteiger partial charge is 0.347 e. The Morgan fingerprint density at radius 2 is 2.04 bits per heavy atom. The van der Waals surface area contributed by atoms with Crippen molar-refractivity contribution in [3.63, 3.8) is 0 Å². The predicted molar refractivity (Wildman–Crippen MR) is 94.8 cm³/mol. The average molecular weight is 345 g/mol. The second-order valence-electron chi connectivity index (χ2n) is 6.22. The highest BCUT2D eigenvalue weighted by Gasteiger charge is 2.26. The summed E-state index contributed by atoms with van der Waals surface area (Å²) in [7, 11) is 0. The highest BCUT2D eigenvalue weighted by atomic mass is 32.1. The number of hydrogen-bond acceptors (Lipinski definition) is 6. The molecule has 0 bridgehead atoms. The highest BCUT2D eigenvalue weighted by Crippen LogP contribution is 2.28. The molecule has 0 spiro atoms. The molecule has 1 atom stereocenters. The van der Waals surface area contributed by atoms with Crippen LogP contribution in [-0.2, 0) is 0 Å². The first kappa shape index (κ1) is 17.0. The smallest absolute Gasteiger partial charge is 0.263 e. The molecular formula is C17H23N5OS. The van der Waals surface area contributed by atoms with Gasteiger partial charge in [0, 0.05) is 25.0 Å². The van der Waals surface area contributed by atoms with Gasteiger partial charge >= 0.3 is 0 Å². The summed E-state index contributed by atoms with van der Waals surface area (Å²) in [6.45, 7) is 2.32. The maximum Gasteiger partial charge on any atom is 0.263 e. The number of thiazole rings is 1. The van der Waals surface area contributed by atoms with Crippen LogP contribution in [-0.4, -0.2) is 33.4 Å². The molecule has 2 aromatic rings. The van der Waals surface area contributed by atoms with Gasteiger partial charge in [-0.25, -0.2) is 15.0 Å². The number of rotatable bonds is 5. The maximum atomic E-state index is 12.7. The second kappa shape index (κ2) is 7.81. The van der Waals surface area contributed by atoms with Gasteiger partial charge in [0.2, 0.25) is 0 Å². The first-order valence-electron chi connectivity index (χ1n) is 8.44. The summed E-state index contributed by atoms with van der Waals surface area (Å²) in [4.78, 5) is 26.1. The number of hydrogen-bond donors (Lipinski definition) is 2. The standard InChI is InChI=1S/C17H23N5OS/c1-11-14(24-17(21-11)15-19-8-5-9-20-15)16(23)22-13(10-18)12-6-3-2-4-7-12/h5,8-9,12-13H,2-4,6-7,10,18H2,1H3,(H,22,23). The van der Waals surface area contributed by atoms with Crippen molar-refractivity contribution in [1.29, 1.82) is 0 Å². The van der Waals surface area contributed by atoms with Crippen molar-refractivity contribution in [3.05, 3.63) is 29.0 Å². The number of carbonyl (C=O) groups excluding carboxylic acids is 1. The molecule has 0 aromatic carbocycles. The van der Waals surface area contributed by atoms with Crippen LogP contribution in [0.3, 0.4) is 0 Å². The van der Waals surface area contributed by atoms with Gasteiger partial charge in [-0.2, -0.15) is 0 Å². The minimum absolute atomic E-state index is 0.0377. The van der Waals surface area contributed by atoms with Crippen LogP contribution in [0.5, 0.6) is 0 Å². The molecule has 128 valence electrons. The van der Waals surface area contributed by atoms with Gasteiger partial charge in [-0.05, 0) is 31.7 Å². The van der Waals surface area contributed by atoms with E-state index in [4.69, 9.17) is 5.73 Å². The number of carbonyl (C=O) groups is 1. The van der Waals surface area contributed by atoms with Crippen molar-refractivity contribution in [3.8, 4) is 10.8 Å². The third-order valence-corrected chi connectivity index (χ3v) is 5.70. The number of nitrogens with zero attached hydrogens (tertiary/aromatic N) is 3. The van der Waals surface area contributed by atoms with E-state index in [1.165, 1.54) is 30.6 Å². The van der Waals surface area contributed by atoms with Crippen molar-refractivity contribution < 1.29 is 4.79 Å². The minimum atomic E-state index is -0.0896. The zero-order valence-electron chi connectivity index (χ0n) is 13.9. The number of amides is 1. The summed E-state index contributed by atoms with van der Waals surface area (Å²) in [5.41, 5.74) is 6.63. The zero-order valence-corrected chi connectivity index (χ0v) is 14.7. The quantitative estimate of drug-likeness (QED) is 0.868. The fraction of sp³-hybridized carbons (Fsp3) is 0.529. The molecule has 2 heterocycles. The van der Waals surface area contributed by atoms with E-state index in [9.17, 15) is 4.79 Å². The summed E-state index contributed by atoms with van der Waals surface area (Å²) < 4.78 is 0. The van der Waals surface area contributed by atoms with Crippen molar-refractivity contribution in [1.82, 2.24) is 20.3 Å². The third-order valence-electron chi connectivity index (χ3n) is 4.55. The SMILES string of the molecule is Cc1nc(-c2ncccn2)sc1C(=O)NC(CN)C1CCCCC1. The maximum absolute atomic E-state index is 12.7. The molecule has 6 nitrogen and oxygen atoms in total. The van der Waals surface area contributed by atoms with Gasteiger partial charge in [-0.15, -0.1) is 11.3 Å².